The second-order valence-electron chi connectivity index (χ2n) is 3.59. The Morgan fingerprint density at radius 1 is 1.12 bits per heavy atom. The maximum atomic E-state index is 11.2. The summed E-state index contributed by atoms with van der Waals surface area (Å²) in [5.41, 5.74) is 0.629. The van der Waals surface area contributed by atoms with Crippen LogP contribution in [0.3, 0.4) is 0 Å². The molecule has 0 saturated heterocycles. The molecule has 4 heteroatoms. The quantitative estimate of drug-likeness (QED) is 0.309. The van der Waals surface area contributed by atoms with Crippen LogP contribution in [0.25, 0.3) is 0 Å². The molecule has 0 fully saturated rings. The third-order valence-electron chi connectivity index (χ3n) is 2.02. The Labute approximate surface area is 97.6 Å². The van der Waals surface area contributed by atoms with Crippen LogP contribution < -0.4 is 0 Å². The van der Waals surface area contributed by atoms with Gasteiger partial charge in [0.1, 0.15) is 6.79 Å². The Morgan fingerprint density at radius 2 is 1.81 bits per heavy atom. The summed E-state index contributed by atoms with van der Waals surface area (Å²) in [5.74, 6) is 0.136. The molecule has 94 valence electrons. The van der Waals surface area contributed by atoms with Crippen molar-refractivity contribution >= 4 is 5.78 Å². The van der Waals surface area contributed by atoms with Crippen molar-refractivity contribution < 1.29 is 19.0 Å². The van der Waals surface area contributed by atoms with Gasteiger partial charge >= 0.3 is 0 Å². The predicted octanol–water partition coefficient (Wildman–Crippen LogP) is 1.94. The summed E-state index contributed by atoms with van der Waals surface area (Å²) in [7, 11) is 1.63. The molecule has 0 aliphatic carbocycles. The lowest BCUT2D eigenvalue weighted by Gasteiger charge is -2.05. The second kappa shape index (κ2) is 10.8. The highest BCUT2D eigenvalue weighted by Crippen LogP contribution is 2.02. The number of carbonyl (C=O) groups excluding carboxylic acids is 1. The van der Waals surface area contributed by atoms with Crippen molar-refractivity contribution in [2.75, 3.05) is 33.7 Å². The number of carbonyl (C=O) groups is 1. The van der Waals surface area contributed by atoms with Gasteiger partial charge in [-0.15, -0.1) is 0 Å². The Morgan fingerprint density at radius 3 is 2.44 bits per heavy atom. The molecule has 16 heavy (non-hydrogen) atoms. The number of ether oxygens (including phenoxy) is 3. The lowest BCUT2D eigenvalue weighted by atomic mass is 10.1. The van der Waals surface area contributed by atoms with Gasteiger partial charge in [0.15, 0.2) is 5.78 Å². The van der Waals surface area contributed by atoms with E-state index in [1.54, 1.807) is 14.0 Å². The fraction of sp³-hybridized carbons (Fsp3) is 0.750. The molecule has 0 unspecified atom stereocenters. The highest BCUT2D eigenvalue weighted by molar-refractivity contribution is 5.93. The molecule has 0 aliphatic heterocycles. The zero-order chi connectivity index (χ0) is 12.2. The lowest BCUT2D eigenvalue weighted by Crippen LogP contribution is -2.07. The third kappa shape index (κ3) is 9.83. The van der Waals surface area contributed by atoms with Crippen LogP contribution in [0.15, 0.2) is 12.2 Å². The predicted molar refractivity (Wildman–Crippen MR) is 62.3 cm³/mol. The Kier molecular flexibility index (Phi) is 10.3. The SMILES string of the molecule is C=C(C)C(=O)CCCCOCOCCOC. The molecule has 0 saturated carbocycles. The molecule has 4 nitrogen and oxygen atoms in total. The minimum absolute atomic E-state index is 0.136. The molecule has 0 aromatic carbocycles. The molecule has 0 heterocycles. The van der Waals surface area contributed by atoms with Crippen molar-refractivity contribution in [2.24, 2.45) is 0 Å². The molecular weight excluding hydrogens is 208 g/mol. The largest absolute Gasteiger partial charge is 0.382 e. The molecule has 0 radical (unpaired) electrons. The van der Waals surface area contributed by atoms with Gasteiger partial charge in [-0.1, -0.05) is 6.58 Å². The van der Waals surface area contributed by atoms with Gasteiger partial charge in [-0.3, -0.25) is 4.79 Å². The summed E-state index contributed by atoms with van der Waals surface area (Å²) in [5, 5.41) is 0. The van der Waals surface area contributed by atoms with E-state index in [0.29, 0.717) is 31.8 Å². The van der Waals surface area contributed by atoms with Crippen molar-refractivity contribution in [3.8, 4) is 0 Å². The molecule has 0 aromatic rings. The Balaban J connectivity index is 3.10. The van der Waals surface area contributed by atoms with Crippen LogP contribution in [-0.4, -0.2) is 39.5 Å². The number of rotatable bonds is 11. The van der Waals surface area contributed by atoms with Crippen LogP contribution in [0.5, 0.6) is 0 Å². The summed E-state index contributed by atoms with van der Waals surface area (Å²) in [4.78, 5) is 11.2. The number of hydrogen-bond acceptors (Lipinski definition) is 4. The van der Waals surface area contributed by atoms with Gasteiger partial charge in [-0.05, 0) is 25.3 Å². The van der Waals surface area contributed by atoms with Crippen molar-refractivity contribution in [3.63, 3.8) is 0 Å². The first kappa shape index (κ1) is 15.3. The van der Waals surface area contributed by atoms with E-state index in [0.717, 1.165) is 12.8 Å². The van der Waals surface area contributed by atoms with E-state index in [9.17, 15) is 4.79 Å². The fourth-order valence-electron chi connectivity index (χ4n) is 1.02. The maximum absolute atomic E-state index is 11.2. The highest BCUT2D eigenvalue weighted by atomic mass is 16.7. The molecule has 0 rings (SSSR count). The van der Waals surface area contributed by atoms with E-state index in [1.165, 1.54) is 0 Å². The zero-order valence-electron chi connectivity index (χ0n) is 10.3. The number of Topliss-reactive ketones (excluding diaryl/α,β-unsaturated/α-hetero) is 1. The van der Waals surface area contributed by atoms with E-state index < -0.39 is 0 Å². The number of ketones is 1. The summed E-state index contributed by atoms with van der Waals surface area (Å²) >= 11 is 0. The molecule has 0 aromatic heterocycles. The molecule has 0 aliphatic rings. The van der Waals surface area contributed by atoms with Crippen LogP contribution in [0.2, 0.25) is 0 Å². The van der Waals surface area contributed by atoms with Crippen molar-refractivity contribution in [2.45, 2.75) is 26.2 Å². The molecule has 0 bridgehead atoms. The van der Waals surface area contributed by atoms with Gasteiger partial charge < -0.3 is 14.2 Å². The molecule has 0 spiro atoms. The maximum Gasteiger partial charge on any atom is 0.157 e. The first-order valence-electron chi connectivity index (χ1n) is 5.51. The van der Waals surface area contributed by atoms with Crippen molar-refractivity contribution in [1.82, 2.24) is 0 Å². The van der Waals surface area contributed by atoms with Gasteiger partial charge in [0.2, 0.25) is 0 Å². The van der Waals surface area contributed by atoms with Gasteiger partial charge in [0.25, 0.3) is 0 Å². The van der Waals surface area contributed by atoms with E-state index in [2.05, 4.69) is 6.58 Å². The van der Waals surface area contributed by atoms with E-state index >= 15 is 0 Å². The zero-order valence-corrected chi connectivity index (χ0v) is 10.3. The van der Waals surface area contributed by atoms with Gasteiger partial charge in [0.05, 0.1) is 13.2 Å². The number of unbranched alkanes of at least 4 members (excludes halogenated alkanes) is 1. The van der Waals surface area contributed by atoms with Gasteiger partial charge in [-0.2, -0.15) is 0 Å². The number of methoxy groups -OCH3 is 1. The second-order valence-corrected chi connectivity index (χ2v) is 3.59. The van der Waals surface area contributed by atoms with Crippen molar-refractivity contribution in [1.29, 1.82) is 0 Å². The summed E-state index contributed by atoms with van der Waals surface area (Å²) in [6, 6.07) is 0. The lowest BCUT2D eigenvalue weighted by molar-refractivity contribution is -0.115. The average Bonchev–Trinajstić information content (AvgIpc) is 2.26. The van der Waals surface area contributed by atoms with Gasteiger partial charge in [0, 0.05) is 20.1 Å². The number of allylic oxidation sites excluding steroid dienone is 1. The van der Waals surface area contributed by atoms with E-state index in [-0.39, 0.29) is 12.6 Å². The van der Waals surface area contributed by atoms with Crippen molar-refractivity contribution in [3.05, 3.63) is 12.2 Å². The van der Waals surface area contributed by atoms with E-state index in [1.807, 2.05) is 0 Å². The summed E-state index contributed by atoms with van der Waals surface area (Å²) in [6.07, 6.45) is 2.26. The average molecular weight is 230 g/mol. The third-order valence-corrected chi connectivity index (χ3v) is 2.02. The molecule has 0 N–H and O–H groups in total. The molecular formula is C12H22O4. The smallest absolute Gasteiger partial charge is 0.157 e. The summed E-state index contributed by atoms with van der Waals surface area (Å²) < 4.78 is 15.1. The monoisotopic (exact) mass is 230 g/mol. The van der Waals surface area contributed by atoms with Gasteiger partial charge in [-0.25, -0.2) is 0 Å². The first-order valence-corrected chi connectivity index (χ1v) is 5.51. The van der Waals surface area contributed by atoms with Crippen LogP contribution in [-0.2, 0) is 19.0 Å². The number of hydrogen-bond donors (Lipinski definition) is 0. The molecule has 0 atom stereocenters. The topological polar surface area (TPSA) is 44.8 Å². The minimum atomic E-state index is 0.136. The first-order chi connectivity index (χ1) is 7.68. The minimum Gasteiger partial charge on any atom is -0.382 e. The van der Waals surface area contributed by atoms with Crippen LogP contribution >= 0.6 is 0 Å². The van der Waals surface area contributed by atoms with Crippen LogP contribution in [0.4, 0.5) is 0 Å². The summed E-state index contributed by atoms with van der Waals surface area (Å²) in [6.45, 7) is 7.37. The standard InChI is InChI=1S/C12H22O4/c1-11(2)12(13)6-4-5-7-15-10-16-9-8-14-3/h1,4-10H2,2-3H3. The Bertz CT molecular complexity index is 201. The van der Waals surface area contributed by atoms with Crippen LogP contribution in [0, 0.1) is 0 Å². The van der Waals surface area contributed by atoms with Crippen LogP contribution in [0.1, 0.15) is 26.2 Å². The fourth-order valence-corrected chi connectivity index (χ4v) is 1.02. The highest BCUT2D eigenvalue weighted by Gasteiger charge is 2.01. The molecule has 0 amide bonds. The normalized spacial score (nSPS) is 10.4. The Hall–Kier alpha value is -0.710. The van der Waals surface area contributed by atoms with E-state index in [4.69, 9.17) is 14.2 Å².